The van der Waals surface area contributed by atoms with E-state index in [9.17, 15) is 0 Å². The van der Waals surface area contributed by atoms with Crippen molar-refractivity contribution >= 4 is 17.4 Å². The van der Waals surface area contributed by atoms with Gasteiger partial charge in [-0.3, -0.25) is 0 Å². The van der Waals surface area contributed by atoms with Crippen LogP contribution in [0.5, 0.6) is 0 Å². The van der Waals surface area contributed by atoms with Gasteiger partial charge in [-0.1, -0.05) is 36.2 Å². The zero-order valence-corrected chi connectivity index (χ0v) is 12.9. The number of hydrogen-bond acceptors (Lipinski definition) is 5. The van der Waals surface area contributed by atoms with Crippen LogP contribution in [-0.2, 0) is 18.6 Å². The first kappa shape index (κ1) is 14.4. The standard InChI is InChI=1S/C16H21N3OS/c17-14-8-4-1-5-12(14)9-10-16-18-15(19-20-16)11-21-13-6-2-3-7-13/h1,4-5,8,13H,2-3,6-7,9-11,17H2. The van der Waals surface area contributed by atoms with Gasteiger partial charge in [-0.25, -0.2) is 0 Å². The first-order valence-corrected chi connectivity index (χ1v) is 8.62. The molecule has 2 aromatic rings. The van der Waals surface area contributed by atoms with Crippen molar-refractivity contribution in [2.45, 2.75) is 49.5 Å². The number of rotatable bonds is 6. The lowest BCUT2D eigenvalue weighted by molar-refractivity contribution is 0.374. The molecule has 1 aromatic carbocycles. The van der Waals surface area contributed by atoms with Crippen LogP contribution in [0.25, 0.3) is 0 Å². The number of thioether (sulfide) groups is 1. The molecule has 1 heterocycles. The number of nitrogens with two attached hydrogens (primary N) is 1. The van der Waals surface area contributed by atoms with Crippen LogP contribution in [-0.4, -0.2) is 15.4 Å². The van der Waals surface area contributed by atoms with Gasteiger partial charge < -0.3 is 10.3 Å². The lowest BCUT2D eigenvalue weighted by Gasteiger charge is -2.04. The van der Waals surface area contributed by atoms with Crippen molar-refractivity contribution in [2.24, 2.45) is 0 Å². The zero-order chi connectivity index (χ0) is 14.5. The lowest BCUT2D eigenvalue weighted by Crippen LogP contribution is -1.98. The number of nitrogen functional groups attached to an aromatic ring is 1. The van der Waals surface area contributed by atoms with E-state index in [0.29, 0.717) is 5.89 Å². The van der Waals surface area contributed by atoms with Crippen molar-refractivity contribution in [3.05, 3.63) is 41.5 Å². The van der Waals surface area contributed by atoms with Crippen molar-refractivity contribution in [1.82, 2.24) is 10.1 Å². The average molecular weight is 303 g/mol. The number of benzene rings is 1. The normalized spacial score (nSPS) is 15.6. The first-order chi connectivity index (χ1) is 10.3. The molecular weight excluding hydrogens is 282 g/mol. The molecule has 0 bridgehead atoms. The third kappa shape index (κ3) is 4.00. The van der Waals surface area contributed by atoms with E-state index in [0.717, 1.165) is 40.9 Å². The molecule has 1 aliphatic carbocycles. The molecule has 3 rings (SSSR count). The highest BCUT2D eigenvalue weighted by Gasteiger charge is 2.16. The van der Waals surface area contributed by atoms with E-state index in [2.05, 4.69) is 10.1 Å². The molecule has 0 amide bonds. The van der Waals surface area contributed by atoms with Crippen molar-refractivity contribution in [3.63, 3.8) is 0 Å². The van der Waals surface area contributed by atoms with Crippen molar-refractivity contribution in [3.8, 4) is 0 Å². The summed E-state index contributed by atoms with van der Waals surface area (Å²) < 4.78 is 5.33. The minimum atomic E-state index is 0.709. The van der Waals surface area contributed by atoms with Gasteiger partial charge in [-0.2, -0.15) is 16.7 Å². The van der Waals surface area contributed by atoms with E-state index in [-0.39, 0.29) is 0 Å². The SMILES string of the molecule is Nc1ccccc1CCc1nc(CSC2CCCC2)no1. The summed E-state index contributed by atoms with van der Waals surface area (Å²) in [6.45, 7) is 0. The second-order valence-electron chi connectivity index (χ2n) is 5.52. The van der Waals surface area contributed by atoms with Crippen LogP contribution in [0.15, 0.2) is 28.8 Å². The van der Waals surface area contributed by atoms with Crippen LogP contribution < -0.4 is 5.73 Å². The quantitative estimate of drug-likeness (QED) is 0.826. The third-order valence-corrected chi connectivity index (χ3v) is 5.29. The molecule has 0 aliphatic heterocycles. The van der Waals surface area contributed by atoms with Crippen LogP contribution in [0, 0.1) is 0 Å². The Kier molecular flexibility index (Phi) is 4.80. The molecule has 1 saturated carbocycles. The molecule has 0 saturated heterocycles. The Morgan fingerprint density at radius 2 is 2.00 bits per heavy atom. The van der Waals surface area contributed by atoms with Crippen molar-refractivity contribution in [2.75, 3.05) is 5.73 Å². The Morgan fingerprint density at radius 3 is 2.81 bits per heavy atom. The van der Waals surface area contributed by atoms with Gasteiger partial charge >= 0.3 is 0 Å². The topological polar surface area (TPSA) is 64.9 Å². The monoisotopic (exact) mass is 303 g/mol. The highest BCUT2D eigenvalue weighted by atomic mass is 32.2. The van der Waals surface area contributed by atoms with Gasteiger partial charge in [0.2, 0.25) is 5.89 Å². The van der Waals surface area contributed by atoms with Gasteiger partial charge in [0, 0.05) is 17.4 Å². The summed E-state index contributed by atoms with van der Waals surface area (Å²) in [5.74, 6) is 2.39. The predicted molar refractivity (Wildman–Crippen MR) is 86.1 cm³/mol. The first-order valence-electron chi connectivity index (χ1n) is 7.58. The highest BCUT2D eigenvalue weighted by molar-refractivity contribution is 7.99. The predicted octanol–water partition coefficient (Wildman–Crippen LogP) is 3.61. The largest absolute Gasteiger partial charge is 0.399 e. The number of anilines is 1. The van der Waals surface area contributed by atoms with Gasteiger partial charge in [-0.05, 0) is 30.9 Å². The van der Waals surface area contributed by atoms with Gasteiger partial charge in [0.05, 0.1) is 5.75 Å². The van der Waals surface area contributed by atoms with E-state index in [1.165, 1.54) is 25.7 Å². The molecule has 21 heavy (non-hydrogen) atoms. The van der Waals surface area contributed by atoms with E-state index in [1.54, 1.807) is 0 Å². The number of para-hydroxylation sites is 1. The van der Waals surface area contributed by atoms with E-state index in [4.69, 9.17) is 10.3 Å². The number of aryl methyl sites for hydroxylation is 2. The molecular formula is C16H21N3OS. The summed E-state index contributed by atoms with van der Waals surface area (Å²) >= 11 is 1.96. The van der Waals surface area contributed by atoms with Gasteiger partial charge in [0.1, 0.15) is 0 Å². The maximum Gasteiger partial charge on any atom is 0.227 e. The Bertz CT molecular complexity index is 578. The van der Waals surface area contributed by atoms with Crippen LogP contribution in [0.1, 0.15) is 43.0 Å². The number of aromatic nitrogens is 2. The fourth-order valence-corrected chi connectivity index (χ4v) is 3.87. The number of nitrogens with zero attached hydrogens (tertiary/aromatic N) is 2. The van der Waals surface area contributed by atoms with E-state index >= 15 is 0 Å². The fourth-order valence-electron chi connectivity index (χ4n) is 2.70. The molecule has 2 N–H and O–H groups in total. The van der Waals surface area contributed by atoms with Gasteiger partial charge in [-0.15, -0.1) is 0 Å². The summed E-state index contributed by atoms with van der Waals surface area (Å²) in [4.78, 5) is 4.48. The number of hydrogen-bond donors (Lipinski definition) is 1. The van der Waals surface area contributed by atoms with E-state index in [1.807, 2.05) is 36.0 Å². The molecule has 0 unspecified atom stereocenters. The van der Waals surface area contributed by atoms with Crippen LogP contribution in [0.4, 0.5) is 5.69 Å². The molecule has 0 radical (unpaired) electrons. The van der Waals surface area contributed by atoms with Gasteiger partial charge in [0.15, 0.2) is 5.82 Å². The summed E-state index contributed by atoms with van der Waals surface area (Å²) in [5, 5.41) is 4.86. The molecule has 5 heteroatoms. The second kappa shape index (κ2) is 6.98. The maximum atomic E-state index is 5.94. The molecule has 1 aromatic heterocycles. The minimum Gasteiger partial charge on any atom is -0.399 e. The van der Waals surface area contributed by atoms with Gasteiger partial charge in [0.25, 0.3) is 0 Å². The molecule has 4 nitrogen and oxygen atoms in total. The van der Waals surface area contributed by atoms with Crippen LogP contribution in [0.2, 0.25) is 0 Å². The minimum absolute atomic E-state index is 0.709. The maximum absolute atomic E-state index is 5.94. The van der Waals surface area contributed by atoms with E-state index < -0.39 is 0 Å². The summed E-state index contributed by atoms with van der Waals surface area (Å²) in [7, 11) is 0. The third-order valence-electron chi connectivity index (χ3n) is 3.92. The Morgan fingerprint density at radius 1 is 1.19 bits per heavy atom. The zero-order valence-electron chi connectivity index (χ0n) is 12.1. The van der Waals surface area contributed by atoms with Crippen LogP contribution >= 0.6 is 11.8 Å². The summed E-state index contributed by atoms with van der Waals surface area (Å²) in [5.41, 5.74) is 7.90. The Balaban J connectivity index is 1.49. The summed E-state index contributed by atoms with van der Waals surface area (Å²) in [6.07, 6.45) is 6.99. The average Bonchev–Trinajstić information content (AvgIpc) is 3.16. The highest BCUT2D eigenvalue weighted by Crippen LogP contribution is 2.31. The molecule has 0 spiro atoms. The summed E-state index contributed by atoms with van der Waals surface area (Å²) in [6, 6.07) is 7.92. The molecule has 1 fully saturated rings. The van der Waals surface area contributed by atoms with Crippen molar-refractivity contribution in [1.29, 1.82) is 0 Å². The Hall–Kier alpha value is -1.49. The Labute approximate surface area is 129 Å². The lowest BCUT2D eigenvalue weighted by atomic mass is 10.1. The molecule has 1 aliphatic rings. The fraction of sp³-hybridized carbons (Fsp3) is 0.500. The van der Waals surface area contributed by atoms with Crippen LogP contribution in [0.3, 0.4) is 0 Å². The molecule has 0 atom stereocenters. The second-order valence-corrected chi connectivity index (χ2v) is 6.81. The van der Waals surface area contributed by atoms with Crippen molar-refractivity contribution < 1.29 is 4.52 Å². The molecule has 112 valence electrons. The smallest absolute Gasteiger partial charge is 0.227 e.